The zero-order valence-electron chi connectivity index (χ0n) is 20.2. The van der Waals surface area contributed by atoms with Gasteiger partial charge in [-0.2, -0.15) is 0 Å². The number of hydrogen-bond acceptors (Lipinski definition) is 7. The maximum Gasteiger partial charge on any atom is 0.416 e. The van der Waals surface area contributed by atoms with E-state index in [1.165, 1.54) is 7.11 Å². The van der Waals surface area contributed by atoms with Crippen LogP contribution in [0.3, 0.4) is 0 Å². The summed E-state index contributed by atoms with van der Waals surface area (Å²) in [6, 6.07) is 20.8. The van der Waals surface area contributed by atoms with Crippen LogP contribution >= 0.6 is 0 Å². The Bertz CT molecular complexity index is 1260. The fourth-order valence-electron chi connectivity index (χ4n) is 3.78. The molecule has 192 valence electrons. The first kappa shape index (κ1) is 25.4. The van der Waals surface area contributed by atoms with E-state index in [2.05, 4.69) is 0 Å². The third-order valence-electron chi connectivity index (χ3n) is 5.54. The lowest BCUT2D eigenvalue weighted by atomic mass is 10.2. The van der Waals surface area contributed by atoms with Crippen LogP contribution in [0, 0.1) is 0 Å². The van der Waals surface area contributed by atoms with Gasteiger partial charge in [0.2, 0.25) is 0 Å². The molecule has 1 aliphatic rings. The van der Waals surface area contributed by atoms with Gasteiger partial charge < -0.3 is 29.0 Å². The first-order chi connectivity index (χ1) is 17.9. The molecule has 0 unspecified atom stereocenters. The van der Waals surface area contributed by atoms with Crippen LogP contribution in [0.1, 0.15) is 5.56 Å². The van der Waals surface area contributed by atoms with E-state index in [4.69, 9.17) is 18.9 Å². The highest BCUT2D eigenvalue weighted by Gasteiger charge is 2.25. The molecule has 0 atom stereocenters. The van der Waals surface area contributed by atoms with Crippen LogP contribution in [0.2, 0.25) is 0 Å². The van der Waals surface area contributed by atoms with Crippen molar-refractivity contribution in [2.45, 2.75) is 6.54 Å². The Morgan fingerprint density at radius 3 is 2.43 bits per heavy atom. The molecule has 2 amide bonds. The average molecular weight is 507 g/mol. The number of methoxy groups -OCH3 is 1. The number of anilines is 1. The summed E-state index contributed by atoms with van der Waals surface area (Å²) in [7, 11) is 1.45. The van der Waals surface area contributed by atoms with Gasteiger partial charge in [0, 0.05) is 6.54 Å². The number of aliphatic carboxylic acids is 1. The maximum absolute atomic E-state index is 12.7. The Kier molecular flexibility index (Phi) is 8.09. The topological polar surface area (TPSA) is 115 Å². The van der Waals surface area contributed by atoms with Gasteiger partial charge in [0.1, 0.15) is 24.7 Å². The zero-order valence-corrected chi connectivity index (χ0v) is 20.2. The van der Waals surface area contributed by atoms with Crippen molar-refractivity contribution in [1.82, 2.24) is 4.90 Å². The van der Waals surface area contributed by atoms with Crippen LogP contribution in [0.4, 0.5) is 10.5 Å². The average Bonchev–Trinajstić information content (AvgIpc) is 2.90. The summed E-state index contributed by atoms with van der Waals surface area (Å²) in [5.74, 6) is 0.457. The van der Waals surface area contributed by atoms with Crippen molar-refractivity contribution in [1.29, 1.82) is 0 Å². The lowest BCUT2D eigenvalue weighted by Crippen LogP contribution is -2.41. The largest absolute Gasteiger partial charge is 0.493 e. The van der Waals surface area contributed by atoms with Gasteiger partial charge in [0.25, 0.3) is 5.91 Å². The normalized spacial score (nSPS) is 12.2. The van der Waals surface area contributed by atoms with E-state index in [-0.39, 0.29) is 31.4 Å². The lowest BCUT2D eigenvalue weighted by Gasteiger charge is -2.29. The molecule has 3 aromatic carbocycles. The summed E-state index contributed by atoms with van der Waals surface area (Å²) in [6.07, 6.45) is -0.817. The quantitative estimate of drug-likeness (QED) is 0.444. The Morgan fingerprint density at radius 1 is 1.00 bits per heavy atom. The standard InChI is InChI=1S/C27H26N2O8/c1-34-23-8-4-5-9-24(23)37-27(33)28(17-26(31)32)16-19-10-12-20(13-11-19)35-15-14-29-21-6-2-3-7-22(21)36-18-25(29)30/h2-13H,14-18H2,1H3,(H,31,32). The van der Waals surface area contributed by atoms with Crippen LogP contribution in [-0.2, 0) is 16.1 Å². The molecular weight excluding hydrogens is 480 g/mol. The van der Waals surface area contributed by atoms with Gasteiger partial charge in [0.15, 0.2) is 18.1 Å². The number of para-hydroxylation sites is 4. The second-order valence-corrected chi connectivity index (χ2v) is 8.06. The van der Waals surface area contributed by atoms with Crippen molar-refractivity contribution >= 4 is 23.7 Å². The van der Waals surface area contributed by atoms with E-state index in [0.29, 0.717) is 35.0 Å². The number of fused-ring (bicyclic) bond motifs is 1. The predicted molar refractivity (Wildman–Crippen MR) is 133 cm³/mol. The molecule has 10 heteroatoms. The molecule has 0 radical (unpaired) electrons. The molecule has 1 heterocycles. The Labute approximate surface area is 213 Å². The van der Waals surface area contributed by atoms with Gasteiger partial charge >= 0.3 is 12.1 Å². The molecule has 10 nitrogen and oxygen atoms in total. The Hall–Kier alpha value is -4.73. The zero-order chi connectivity index (χ0) is 26.2. The number of amides is 2. The van der Waals surface area contributed by atoms with Gasteiger partial charge in [-0.05, 0) is 42.0 Å². The second-order valence-electron chi connectivity index (χ2n) is 8.06. The molecular formula is C27H26N2O8. The van der Waals surface area contributed by atoms with Gasteiger partial charge in [-0.3, -0.25) is 14.5 Å². The molecule has 0 bridgehead atoms. The van der Waals surface area contributed by atoms with Crippen molar-refractivity contribution in [3.63, 3.8) is 0 Å². The molecule has 0 saturated carbocycles. The number of carboxylic acid groups (broad SMARTS) is 1. The molecule has 4 rings (SSSR count). The van der Waals surface area contributed by atoms with Gasteiger partial charge in [0.05, 0.1) is 19.3 Å². The second kappa shape index (κ2) is 11.8. The first-order valence-corrected chi connectivity index (χ1v) is 11.5. The van der Waals surface area contributed by atoms with Crippen LogP contribution in [-0.4, -0.2) is 61.4 Å². The SMILES string of the molecule is COc1ccccc1OC(=O)N(CC(=O)O)Cc1ccc(OCCN2C(=O)COc3ccccc32)cc1. The highest BCUT2D eigenvalue weighted by molar-refractivity contribution is 5.97. The predicted octanol–water partition coefficient (Wildman–Crippen LogP) is 3.59. The van der Waals surface area contributed by atoms with E-state index < -0.39 is 18.6 Å². The molecule has 0 aromatic heterocycles. The van der Waals surface area contributed by atoms with Crippen molar-refractivity contribution in [2.24, 2.45) is 0 Å². The number of rotatable bonds is 10. The first-order valence-electron chi connectivity index (χ1n) is 11.5. The smallest absolute Gasteiger partial charge is 0.416 e. The van der Waals surface area contributed by atoms with Crippen molar-refractivity contribution in [3.05, 3.63) is 78.4 Å². The van der Waals surface area contributed by atoms with E-state index in [1.807, 2.05) is 24.3 Å². The minimum Gasteiger partial charge on any atom is -0.493 e. The molecule has 0 saturated heterocycles. The molecule has 1 aliphatic heterocycles. The summed E-state index contributed by atoms with van der Waals surface area (Å²) in [5.41, 5.74) is 1.39. The summed E-state index contributed by atoms with van der Waals surface area (Å²) in [6.45, 7) is 0.0664. The van der Waals surface area contributed by atoms with Crippen LogP contribution in [0.25, 0.3) is 0 Å². The summed E-state index contributed by atoms with van der Waals surface area (Å²) in [4.78, 5) is 39.1. The number of carbonyl (C=O) groups excluding carboxylic acids is 2. The number of carbonyl (C=O) groups is 3. The summed E-state index contributed by atoms with van der Waals surface area (Å²) >= 11 is 0. The maximum atomic E-state index is 12.7. The number of ether oxygens (including phenoxy) is 4. The van der Waals surface area contributed by atoms with Crippen molar-refractivity contribution in [2.75, 3.05) is 38.3 Å². The van der Waals surface area contributed by atoms with Crippen molar-refractivity contribution in [3.8, 4) is 23.0 Å². The van der Waals surface area contributed by atoms with Gasteiger partial charge in [-0.25, -0.2) is 4.79 Å². The van der Waals surface area contributed by atoms with E-state index in [9.17, 15) is 19.5 Å². The summed E-state index contributed by atoms with van der Waals surface area (Å²) in [5, 5.41) is 9.28. The minimum absolute atomic E-state index is 0.0135. The highest BCUT2D eigenvalue weighted by Crippen LogP contribution is 2.31. The van der Waals surface area contributed by atoms with Crippen LogP contribution in [0.5, 0.6) is 23.0 Å². The van der Waals surface area contributed by atoms with Gasteiger partial charge in [-0.15, -0.1) is 0 Å². The Balaban J connectivity index is 1.35. The van der Waals surface area contributed by atoms with E-state index in [0.717, 1.165) is 4.90 Å². The molecule has 1 N–H and O–H groups in total. The molecule has 37 heavy (non-hydrogen) atoms. The lowest BCUT2D eigenvalue weighted by molar-refractivity contribution is -0.138. The molecule has 0 spiro atoms. The van der Waals surface area contributed by atoms with Crippen LogP contribution < -0.4 is 23.8 Å². The molecule has 0 aliphatic carbocycles. The fourth-order valence-corrected chi connectivity index (χ4v) is 3.78. The van der Waals surface area contributed by atoms with E-state index in [1.54, 1.807) is 53.4 Å². The fraction of sp³-hybridized carbons (Fsp3) is 0.222. The van der Waals surface area contributed by atoms with Crippen LogP contribution in [0.15, 0.2) is 72.8 Å². The third-order valence-corrected chi connectivity index (χ3v) is 5.54. The highest BCUT2D eigenvalue weighted by atomic mass is 16.6. The monoisotopic (exact) mass is 506 g/mol. The number of carboxylic acids is 1. The number of benzene rings is 3. The van der Waals surface area contributed by atoms with Crippen molar-refractivity contribution < 1.29 is 38.4 Å². The van der Waals surface area contributed by atoms with Gasteiger partial charge in [-0.1, -0.05) is 36.4 Å². The summed E-state index contributed by atoms with van der Waals surface area (Å²) < 4.78 is 21.8. The number of hydrogen-bond donors (Lipinski definition) is 1. The van der Waals surface area contributed by atoms with E-state index >= 15 is 0 Å². The third kappa shape index (κ3) is 6.49. The Morgan fingerprint density at radius 2 is 1.70 bits per heavy atom. The number of nitrogens with zero attached hydrogens (tertiary/aromatic N) is 2. The minimum atomic E-state index is -1.17. The molecule has 3 aromatic rings. The molecule has 0 fully saturated rings.